The van der Waals surface area contributed by atoms with Crippen LogP contribution in [0.5, 0.6) is 0 Å². The van der Waals surface area contributed by atoms with Gasteiger partial charge >= 0.3 is 0 Å². The molecule has 0 unspecified atom stereocenters. The number of para-hydroxylation sites is 1. The number of fused-ring (bicyclic) bond motifs is 3. The smallest absolute Gasteiger partial charge is 0.144 e. The average Bonchev–Trinajstić information content (AvgIpc) is 2.91. The van der Waals surface area contributed by atoms with E-state index in [1.807, 2.05) is 30.5 Å². The van der Waals surface area contributed by atoms with E-state index in [1.165, 1.54) is 5.56 Å². The molecule has 2 nitrogen and oxygen atoms in total. The molecule has 0 aliphatic rings. The lowest BCUT2D eigenvalue weighted by Crippen LogP contribution is -2.11. The third-order valence-corrected chi connectivity index (χ3v) is 4.60. The summed E-state index contributed by atoms with van der Waals surface area (Å²) in [6.45, 7) is 6.61. The zero-order valence-corrected chi connectivity index (χ0v) is 14.7. The number of aromatic nitrogens is 1. The fraction of sp³-hybridized carbons (Fsp3) is 0.190. The number of halogens is 1. The van der Waals surface area contributed by atoms with Gasteiger partial charge in [0.1, 0.15) is 11.2 Å². The highest BCUT2D eigenvalue weighted by molar-refractivity contribution is 6.31. The predicted octanol–water partition coefficient (Wildman–Crippen LogP) is 6.60. The number of pyridine rings is 1. The van der Waals surface area contributed by atoms with Crippen molar-refractivity contribution in [2.24, 2.45) is 0 Å². The second-order valence-corrected chi connectivity index (χ2v) is 7.54. The Morgan fingerprint density at radius 2 is 1.79 bits per heavy atom. The maximum absolute atomic E-state index is 6.12. The van der Waals surface area contributed by atoms with Gasteiger partial charge in [-0.2, -0.15) is 0 Å². The van der Waals surface area contributed by atoms with Crippen LogP contribution in [0.1, 0.15) is 26.3 Å². The van der Waals surface area contributed by atoms with Gasteiger partial charge in [0.05, 0.1) is 5.69 Å². The van der Waals surface area contributed by atoms with E-state index >= 15 is 0 Å². The maximum Gasteiger partial charge on any atom is 0.144 e. The van der Waals surface area contributed by atoms with Crippen molar-refractivity contribution < 1.29 is 4.42 Å². The number of furan rings is 1. The maximum atomic E-state index is 6.12. The Bertz CT molecular complexity index is 1060. The summed E-state index contributed by atoms with van der Waals surface area (Å²) in [7, 11) is 0. The molecule has 0 atom stereocenters. The summed E-state index contributed by atoms with van der Waals surface area (Å²) < 4.78 is 6.12. The molecule has 0 radical (unpaired) electrons. The van der Waals surface area contributed by atoms with Gasteiger partial charge in [-0.15, -0.1) is 0 Å². The van der Waals surface area contributed by atoms with Gasteiger partial charge in [-0.3, -0.25) is 4.98 Å². The van der Waals surface area contributed by atoms with Crippen LogP contribution in [0.15, 0.2) is 59.1 Å². The molecule has 0 saturated heterocycles. The van der Waals surface area contributed by atoms with E-state index in [0.717, 1.165) is 33.2 Å². The van der Waals surface area contributed by atoms with Crippen LogP contribution in [-0.2, 0) is 5.41 Å². The molecule has 0 N–H and O–H groups in total. The van der Waals surface area contributed by atoms with Crippen molar-refractivity contribution in [1.29, 1.82) is 0 Å². The average molecular weight is 336 g/mol. The third-order valence-electron chi connectivity index (χ3n) is 4.36. The van der Waals surface area contributed by atoms with Crippen molar-refractivity contribution in [1.82, 2.24) is 4.98 Å². The Hall–Kier alpha value is -2.32. The van der Waals surface area contributed by atoms with E-state index in [1.54, 1.807) is 0 Å². The molecule has 4 rings (SSSR count). The monoisotopic (exact) mass is 335 g/mol. The van der Waals surface area contributed by atoms with Crippen LogP contribution in [0.3, 0.4) is 0 Å². The SMILES string of the molecule is CC(C)(C)c1ccnc(-c2cccc3c2oc2cc(Cl)ccc23)c1. The van der Waals surface area contributed by atoms with Crippen LogP contribution in [0.4, 0.5) is 0 Å². The molecule has 0 fully saturated rings. The fourth-order valence-corrected chi connectivity index (χ4v) is 3.18. The van der Waals surface area contributed by atoms with E-state index in [4.69, 9.17) is 16.0 Å². The molecule has 2 aromatic carbocycles. The zero-order valence-electron chi connectivity index (χ0n) is 13.9. The summed E-state index contributed by atoms with van der Waals surface area (Å²) in [4.78, 5) is 4.57. The van der Waals surface area contributed by atoms with Crippen molar-refractivity contribution in [3.8, 4) is 11.3 Å². The second kappa shape index (κ2) is 5.35. The Labute approximate surface area is 146 Å². The number of nitrogens with zero attached hydrogens (tertiary/aromatic N) is 1. The van der Waals surface area contributed by atoms with Gasteiger partial charge in [0, 0.05) is 33.6 Å². The summed E-state index contributed by atoms with van der Waals surface area (Å²) in [5.74, 6) is 0. The number of hydrogen-bond acceptors (Lipinski definition) is 2. The Morgan fingerprint density at radius 3 is 2.58 bits per heavy atom. The molecule has 4 aromatic rings. The van der Waals surface area contributed by atoms with Crippen molar-refractivity contribution in [3.05, 3.63) is 65.3 Å². The molecule has 0 bridgehead atoms. The molecule has 120 valence electrons. The van der Waals surface area contributed by atoms with Crippen molar-refractivity contribution >= 4 is 33.5 Å². The van der Waals surface area contributed by atoms with Crippen LogP contribution in [0.25, 0.3) is 33.2 Å². The van der Waals surface area contributed by atoms with Gasteiger partial charge in [-0.05, 0) is 41.3 Å². The van der Waals surface area contributed by atoms with Crippen molar-refractivity contribution in [3.63, 3.8) is 0 Å². The van der Waals surface area contributed by atoms with Gasteiger partial charge in [0.2, 0.25) is 0 Å². The van der Waals surface area contributed by atoms with Gasteiger partial charge < -0.3 is 4.42 Å². The minimum atomic E-state index is 0.0764. The quantitative estimate of drug-likeness (QED) is 0.391. The lowest BCUT2D eigenvalue weighted by Gasteiger charge is -2.19. The fourth-order valence-electron chi connectivity index (χ4n) is 3.02. The molecule has 0 spiro atoms. The highest BCUT2D eigenvalue weighted by atomic mass is 35.5. The van der Waals surface area contributed by atoms with Crippen molar-refractivity contribution in [2.45, 2.75) is 26.2 Å². The van der Waals surface area contributed by atoms with E-state index in [9.17, 15) is 0 Å². The van der Waals surface area contributed by atoms with E-state index in [-0.39, 0.29) is 5.41 Å². The minimum Gasteiger partial charge on any atom is -0.455 e. The number of hydrogen-bond donors (Lipinski definition) is 0. The summed E-state index contributed by atoms with van der Waals surface area (Å²) in [5, 5.41) is 2.83. The first-order valence-corrected chi connectivity index (χ1v) is 8.39. The van der Waals surface area contributed by atoms with Gasteiger partial charge in [-0.25, -0.2) is 0 Å². The highest BCUT2D eigenvalue weighted by Crippen LogP contribution is 2.36. The molecule has 0 amide bonds. The summed E-state index contributed by atoms with van der Waals surface area (Å²) in [6.07, 6.45) is 1.87. The summed E-state index contributed by atoms with van der Waals surface area (Å²) >= 11 is 6.10. The normalized spacial score (nSPS) is 12.2. The number of rotatable bonds is 1. The lowest BCUT2D eigenvalue weighted by molar-refractivity contribution is 0.589. The molecule has 24 heavy (non-hydrogen) atoms. The van der Waals surface area contributed by atoms with Gasteiger partial charge in [-0.1, -0.05) is 44.5 Å². The van der Waals surface area contributed by atoms with E-state index in [2.05, 4.69) is 50.0 Å². The standard InChI is InChI=1S/C21H18ClNO/c1-21(2,3)13-9-10-23-18(11-13)17-6-4-5-16-15-8-7-14(22)12-19(15)24-20(16)17/h4-12H,1-3H3. The first-order valence-electron chi connectivity index (χ1n) is 8.01. The molecule has 2 heterocycles. The Morgan fingerprint density at radius 1 is 0.958 bits per heavy atom. The summed E-state index contributed by atoms with van der Waals surface area (Å²) in [5.41, 5.74) is 4.92. The van der Waals surface area contributed by atoms with E-state index < -0.39 is 0 Å². The summed E-state index contributed by atoms with van der Waals surface area (Å²) in [6, 6.07) is 16.2. The Balaban J connectivity index is 1.99. The largest absolute Gasteiger partial charge is 0.455 e. The molecular formula is C21H18ClNO. The third kappa shape index (κ3) is 2.47. The Kier molecular flexibility index (Phi) is 3.40. The van der Waals surface area contributed by atoms with Crippen LogP contribution in [-0.4, -0.2) is 4.98 Å². The number of benzene rings is 2. The molecule has 2 aromatic heterocycles. The molecular weight excluding hydrogens is 318 g/mol. The van der Waals surface area contributed by atoms with Crippen LogP contribution in [0, 0.1) is 0 Å². The van der Waals surface area contributed by atoms with Crippen LogP contribution < -0.4 is 0 Å². The van der Waals surface area contributed by atoms with E-state index in [0.29, 0.717) is 5.02 Å². The molecule has 3 heteroatoms. The predicted molar refractivity (Wildman–Crippen MR) is 101 cm³/mol. The highest BCUT2D eigenvalue weighted by Gasteiger charge is 2.17. The lowest BCUT2D eigenvalue weighted by atomic mass is 9.87. The van der Waals surface area contributed by atoms with Gasteiger partial charge in [0.25, 0.3) is 0 Å². The first-order chi connectivity index (χ1) is 11.4. The first kappa shape index (κ1) is 15.2. The molecule has 0 aliphatic heterocycles. The second-order valence-electron chi connectivity index (χ2n) is 7.10. The zero-order chi connectivity index (χ0) is 16.9. The molecule has 0 saturated carbocycles. The van der Waals surface area contributed by atoms with Crippen molar-refractivity contribution in [2.75, 3.05) is 0 Å². The van der Waals surface area contributed by atoms with Crippen LogP contribution >= 0.6 is 11.6 Å². The topological polar surface area (TPSA) is 26.0 Å². The van der Waals surface area contributed by atoms with Gasteiger partial charge in [0.15, 0.2) is 0 Å². The molecule has 0 aliphatic carbocycles. The minimum absolute atomic E-state index is 0.0764. The van der Waals surface area contributed by atoms with Crippen LogP contribution in [0.2, 0.25) is 5.02 Å².